The molecular formula is C21H19NO4. The van der Waals surface area contributed by atoms with E-state index in [9.17, 15) is 9.59 Å². The van der Waals surface area contributed by atoms with Crippen molar-refractivity contribution in [3.8, 4) is 5.75 Å². The van der Waals surface area contributed by atoms with Crippen LogP contribution in [0.2, 0.25) is 0 Å². The van der Waals surface area contributed by atoms with Crippen LogP contribution in [0.25, 0.3) is 10.8 Å². The predicted octanol–water partition coefficient (Wildman–Crippen LogP) is 4.16. The van der Waals surface area contributed by atoms with Crippen LogP contribution >= 0.6 is 0 Å². The fraction of sp³-hybridized carbons (Fsp3) is 0.143. The summed E-state index contributed by atoms with van der Waals surface area (Å²) in [5, 5.41) is 4.77. The van der Waals surface area contributed by atoms with E-state index in [-0.39, 0.29) is 12.5 Å². The lowest BCUT2D eigenvalue weighted by Crippen LogP contribution is -2.07. The lowest BCUT2D eigenvalue weighted by atomic mass is 10.1. The molecule has 0 fully saturated rings. The molecule has 0 aromatic heterocycles. The summed E-state index contributed by atoms with van der Waals surface area (Å²) in [5.41, 5.74) is 1.98. The summed E-state index contributed by atoms with van der Waals surface area (Å²) in [7, 11) is 1.64. The minimum atomic E-state index is -0.408. The zero-order valence-electron chi connectivity index (χ0n) is 14.6. The van der Waals surface area contributed by atoms with E-state index in [1.165, 1.54) is 6.92 Å². The molecule has 0 bridgehead atoms. The Morgan fingerprint density at radius 2 is 1.62 bits per heavy atom. The van der Waals surface area contributed by atoms with E-state index in [1.54, 1.807) is 31.4 Å². The van der Waals surface area contributed by atoms with Gasteiger partial charge in [-0.15, -0.1) is 0 Å². The zero-order valence-corrected chi connectivity index (χ0v) is 14.6. The molecule has 0 aliphatic heterocycles. The number of fused-ring (bicyclic) bond motifs is 1. The van der Waals surface area contributed by atoms with E-state index in [0.717, 1.165) is 22.1 Å². The normalized spacial score (nSPS) is 10.4. The van der Waals surface area contributed by atoms with E-state index in [0.29, 0.717) is 11.3 Å². The molecule has 0 aliphatic rings. The standard InChI is InChI=1S/C21H19NO4/c1-14(23)22-19-8-5-16(6-9-19)21(24)26-13-15-3-4-18-12-20(25-2)10-7-17(18)11-15/h3-12H,13H2,1-2H3,(H,22,23). The third-order valence-electron chi connectivity index (χ3n) is 3.92. The number of carbonyl (C=O) groups excluding carboxylic acids is 2. The quantitative estimate of drug-likeness (QED) is 0.702. The van der Waals surface area contributed by atoms with Crippen molar-refractivity contribution in [3.63, 3.8) is 0 Å². The topological polar surface area (TPSA) is 64.6 Å². The maximum atomic E-state index is 12.2. The van der Waals surface area contributed by atoms with Crippen LogP contribution in [0.1, 0.15) is 22.8 Å². The van der Waals surface area contributed by atoms with E-state index in [1.807, 2.05) is 36.4 Å². The average molecular weight is 349 g/mol. The van der Waals surface area contributed by atoms with E-state index in [4.69, 9.17) is 9.47 Å². The Hall–Kier alpha value is -3.34. The molecule has 132 valence electrons. The van der Waals surface area contributed by atoms with Crippen molar-refractivity contribution in [1.29, 1.82) is 0 Å². The van der Waals surface area contributed by atoms with Gasteiger partial charge in [0.05, 0.1) is 12.7 Å². The summed E-state index contributed by atoms with van der Waals surface area (Å²) < 4.78 is 10.6. The van der Waals surface area contributed by atoms with Crippen LogP contribution in [0.5, 0.6) is 5.75 Å². The van der Waals surface area contributed by atoms with Gasteiger partial charge in [-0.2, -0.15) is 0 Å². The molecule has 5 nitrogen and oxygen atoms in total. The molecule has 0 atom stereocenters. The Balaban J connectivity index is 1.65. The molecule has 0 heterocycles. The number of hydrogen-bond donors (Lipinski definition) is 1. The Morgan fingerprint density at radius 3 is 2.31 bits per heavy atom. The molecule has 0 saturated carbocycles. The molecular weight excluding hydrogens is 330 g/mol. The average Bonchev–Trinajstić information content (AvgIpc) is 2.65. The van der Waals surface area contributed by atoms with Gasteiger partial charge in [-0.1, -0.05) is 18.2 Å². The van der Waals surface area contributed by atoms with Gasteiger partial charge in [0.2, 0.25) is 5.91 Å². The monoisotopic (exact) mass is 349 g/mol. The maximum absolute atomic E-state index is 12.2. The van der Waals surface area contributed by atoms with Crippen molar-refractivity contribution in [2.45, 2.75) is 13.5 Å². The van der Waals surface area contributed by atoms with E-state index in [2.05, 4.69) is 5.32 Å². The number of ether oxygens (including phenoxy) is 2. The third-order valence-corrected chi connectivity index (χ3v) is 3.92. The van der Waals surface area contributed by atoms with Crippen LogP contribution < -0.4 is 10.1 Å². The van der Waals surface area contributed by atoms with Crippen molar-refractivity contribution < 1.29 is 19.1 Å². The van der Waals surface area contributed by atoms with Crippen molar-refractivity contribution in [3.05, 3.63) is 71.8 Å². The number of anilines is 1. The summed E-state index contributed by atoms with van der Waals surface area (Å²) in [5.74, 6) is 0.239. The highest BCUT2D eigenvalue weighted by molar-refractivity contribution is 5.92. The molecule has 0 radical (unpaired) electrons. The minimum absolute atomic E-state index is 0.158. The number of methoxy groups -OCH3 is 1. The van der Waals surface area contributed by atoms with Crippen LogP contribution in [0.3, 0.4) is 0 Å². The minimum Gasteiger partial charge on any atom is -0.497 e. The molecule has 1 N–H and O–H groups in total. The summed E-state index contributed by atoms with van der Waals surface area (Å²) in [6.45, 7) is 1.62. The second-order valence-electron chi connectivity index (χ2n) is 5.88. The van der Waals surface area contributed by atoms with Crippen LogP contribution in [0.15, 0.2) is 60.7 Å². The van der Waals surface area contributed by atoms with E-state index >= 15 is 0 Å². The van der Waals surface area contributed by atoms with Gasteiger partial charge in [0.1, 0.15) is 12.4 Å². The first-order valence-corrected chi connectivity index (χ1v) is 8.16. The SMILES string of the molecule is COc1ccc2cc(COC(=O)c3ccc(NC(C)=O)cc3)ccc2c1. The largest absolute Gasteiger partial charge is 0.497 e. The number of esters is 1. The lowest BCUT2D eigenvalue weighted by Gasteiger charge is -2.08. The fourth-order valence-electron chi connectivity index (χ4n) is 2.62. The first-order valence-electron chi connectivity index (χ1n) is 8.16. The van der Waals surface area contributed by atoms with Crippen molar-refractivity contribution >= 4 is 28.3 Å². The van der Waals surface area contributed by atoms with Crippen LogP contribution in [-0.4, -0.2) is 19.0 Å². The maximum Gasteiger partial charge on any atom is 0.338 e. The second-order valence-corrected chi connectivity index (χ2v) is 5.88. The lowest BCUT2D eigenvalue weighted by molar-refractivity contribution is -0.114. The summed E-state index contributed by atoms with van der Waals surface area (Å²) in [4.78, 5) is 23.2. The molecule has 3 aromatic carbocycles. The molecule has 0 aliphatic carbocycles. The summed E-state index contributed by atoms with van der Waals surface area (Å²) in [6.07, 6.45) is 0. The first-order chi connectivity index (χ1) is 12.5. The van der Waals surface area contributed by atoms with Gasteiger partial charge in [0.15, 0.2) is 0 Å². The van der Waals surface area contributed by atoms with Gasteiger partial charge < -0.3 is 14.8 Å². The van der Waals surface area contributed by atoms with Crippen molar-refractivity contribution in [2.75, 3.05) is 12.4 Å². The Kier molecular flexibility index (Phi) is 5.17. The highest BCUT2D eigenvalue weighted by Gasteiger charge is 2.08. The Morgan fingerprint density at radius 1 is 0.923 bits per heavy atom. The molecule has 1 amide bonds. The zero-order chi connectivity index (χ0) is 18.5. The molecule has 0 saturated heterocycles. The third kappa shape index (κ3) is 4.19. The highest BCUT2D eigenvalue weighted by Crippen LogP contribution is 2.22. The molecule has 0 spiro atoms. The van der Waals surface area contributed by atoms with Gasteiger partial charge in [-0.05, 0) is 58.8 Å². The molecule has 5 heteroatoms. The van der Waals surface area contributed by atoms with E-state index < -0.39 is 5.97 Å². The fourth-order valence-corrected chi connectivity index (χ4v) is 2.62. The van der Waals surface area contributed by atoms with Crippen LogP contribution in [-0.2, 0) is 16.1 Å². The van der Waals surface area contributed by atoms with Crippen LogP contribution in [0.4, 0.5) is 5.69 Å². The Labute approximate surface area is 151 Å². The number of hydrogen-bond acceptors (Lipinski definition) is 4. The van der Waals surface area contributed by atoms with Gasteiger partial charge in [0.25, 0.3) is 0 Å². The van der Waals surface area contributed by atoms with Gasteiger partial charge >= 0.3 is 5.97 Å². The summed E-state index contributed by atoms with van der Waals surface area (Å²) in [6, 6.07) is 18.3. The number of benzene rings is 3. The van der Waals surface area contributed by atoms with Gasteiger partial charge in [0, 0.05) is 12.6 Å². The number of nitrogens with one attached hydrogen (secondary N) is 1. The first kappa shape index (κ1) is 17.5. The summed E-state index contributed by atoms with van der Waals surface area (Å²) >= 11 is 0. The second kappa shape index (κ2) is 7.70. The number of amides is 1. The molecule has 3 aromatic rings. The van der Waals surface area contributed by atoms with Crippen molar-refractivity contribution in [2.24, 2.45) is 0 Å². The smallest absolute Gasteiger partial charge is 0.338 e. The predicted molar refractivity (Wildman–Crippen MR) is 100 cm³/mol. The number of carbonyl (C=O) groups is 2. The molecule has 0 unspecified atom stereocenters. The van der Waals surface area contributed by atoms with Crippen molar-refractivity contribution in [1.82, 2.24) is 0 Å². The molecule has 26 heavy (non-hydrogen) atoms. The van der Waals surface area contributed by atoms with Crippen LogP contribution in [0, 0.1) is 0 Å². The van der Waals surface area contributed by atoms with Gasteiger partial charge in [-0.3, -0.25) is 4.79 Å². The highest BCUT2D eigenvalue weighted by atomic mass is 16.5. The van der Waals surface area contributed by atoms with Gasteiger partial charge in [-0.25, -0.2) is 4.79 Å². The Bertz CT molecular complexity index is 948. The molecule has 3 rings (SSSR count). The number of rotatable bonds is 5.